The molecule has 35 heavy (non-hydrogen) atoms. The average molecular weight is 504 g/mol. The number of rotatable bonds is 4. The molecular formula is C26H39N4O4S+. The van der Waals surface area contributed by atoms with Gasteiger partial charge in [0.25, 0.3) is 0 Å². The highest BCUT2D eigenvalue weighted by Crippen LogP contribution is 2.42. The summed E-state index contributed by atoms with van der Waals surface area (Å²) in [7, 11) is -3.47. The summed E-state index contributed by atoms with van der Waals surface area (Å²) >= 11 is 0. The highest BCUT2D eigenvalue weighted by Gasteiger charge is 2.59. The Morgan fingerprint density at radius 1 is 0.914 bits per heavy atom. The summed E-state index contributed by atoms with van der Waals surface area (Å²) in [5.74, 6) is 0.750. The SMILES string of the molecule is Cc1ccc(S(=O)(=O)N2CCC(C3CCN4C(C3)C(C(=O)N3CCCCC3)C(C)[N+]4=O)CC2)cc1. The normalized spacial score (nSPS) is 31.0. The molecule has 0 saturated carbocycles. The van der Waals surface area contributed by atoms with Gasteiger partial charge < -0.3 is 4.90 Å². The van der Waals surface area contributed by atoms with Crippen LogP contribution in [0.3, 0.4) is 0 Å². The number of nitrogens with zero attached hydrogens (tertiary/aromatic N) is 4. The maximum Gasteiger partial charge on any atom is 0.245 e. The van der Waals surface area contributed by atoms with Gasteiger partial charge in [0.2, 0.25) is 22.0 Å². The molecule has 0 aliphatic carbocycles. The number of aryl methyl sites for hydroxylation is 1. The van der Waals surface area contributed by atoms with Crippen LogP contribution in [0.5, 0.6) is 0 Å². The first-order valence-corrected chi connectivity index (χ1v) is 14.8. The van der Waals surface area contributed by atoms with Crippen LogP contribution in [0.1, 0.15) is 57.4 Å². The fourth-order valence-electron chi connectivity index (χ4n) is 6.85. The summed E-state index contributed by atoms with van der Waals surface area (Å²) in [6.07, 6.45) is 6.73. The maximum atomic E-state index is 13.5. The third-order valence-electron chi connectivity index (χ3n) is 8.97. The molecule has 4 atom stereocenters. The van der Waals surface area contributed by atoms with E-state index in [-0.39, 0.29) is 23.9 Å². The number of carbonyl (C=O) groups excluding carboxylic acids is 1. The molecule has 0 aromatic heterocycles. The molecule has 1 amide bonds. The summed E-state index contributed by atoms with van der Waals surface area (Å²) in [6.45, 7) is 7.24. The largest absolute Gasteiger partial charge is 0.342 e. The lowest BCUT2D eigenvalue weighted by atomic mass is 9.74. The van der Waals surface area contributed by atoms with Gasteiger partial charge >= 0.3 is 0 Å². The number of hydrogen-bond donors (Lipinski definition) is 0. The van der Waals surface area contributed by atoms with Gasteiger partial charge in [-0.25, -0.2) is 8.42 Å². The van der Waals surface area contributed by atoms with Crippen molar-refractivity contribution in [2.75, 3.05) is 32.7 Å². The molecule has 1 aromatic carbocycles. The Bertz CT molecular complexity index is 1050. The lowest BCUT2D eigenvalue weighted by Gasteiger charge is -2.40. The second-order valence-electron chi connectivity index (χ2n) is 11.0. The Balaban J connectivity index is 1.24. The van der Waals surface area contributed by atoms with E-state index in [2.05, 4.69) is 0 Å². The van der Waals surface area contributed by atoms with Crippen LogP contribution in [0.25, 0.3) is 0 Å². The minimum absolute atomic E-state index is 0.0370. The third kappa shape index (κ3) is 4.61. The fourth-order valence-corrected chi connectivity index (χ4v) is 8.32. The molecule has 0 bridgehead atoms. The number of fused-ring (bicyclic) bond motifs is 1. The van der Waals surface area contributed by atoms with Crippen LogP contribution >= 0.6 is 0 Å². The average Bonchev–Trinajstić information content (AvgIpc) is 3.13. The van der Waals surface area contributed by atoms with Crippen molar-refractivity contribution in [1.29, 1.82) is 0 Å². The number of likely N-dealkylation sites (tertiary alicyclic amines) is 1. The molecule has 0 radical (unpaired) electrons. The summed E-state index contributed by atoms with van der Waals surface area (Å²) < 4.78 is 27.8. The van der Waals surface area contributed by atoms with E-state index in [1.54, 1.807) is 16.4 Å². The first-order valence-electron chi connectivity index (χ1n) is 13.4. The van der Waals surface area contributed by atoms with Gasteiger partial charge in [0, 0.05) is 33.1 Å². The van der Waals surface area contributed by atoms with Crippen molar-refractivity contribution in [2.24, 2.45) is 17.8 Å². The van der Waals surface area contributed by atoms with Crippen molar-refractivity contribution in [3.8, 4) is 0 Å². The zero-order chi connectivity index (χ0) is 24.7. The molecule has 4 aliphatic rings. The molecule has 4 unspecified atom stereocenters. The Labute approximate surface area is 209 Å². The number of hydrazine groups is 1. The van der Waals surface area contributed by atoms with Crippen LogP contribution in [-0.4, -0.2) is 78.2 Å². The predicted molar refractivity (Wildman–Crippen MR) is 133 cm³/mol. The van der Waals surface area contributed by atoms with Crippen molar-refractivity contribution in [1.82, 2.24) is 14.2 Å². The highest BCUT2D eigenvalue weighted by atomic mass is 32.2. The smallest absolute Gasteiger partial charge is 0.245 e. The Hall–Kier alpha value is -2.00. The lowest BCUT2D eigenvalue weighted by molar-refractivity contribution is -0.716. The third-order valence-corrected chi connectivity index (χ3v) is 10.9. The van der Waals surface area contributed by atoms with Crippen LogP contribution in [-0.2, 0) is 14.8 Å². The number of amides is 1. The van der Waals surface area contributed by atoms with Crippen molar-refractivity contribution >= 4 is 15.9 Å². The molecule has 4 aliphatic heterocycles. The summed E-state index contributed by atoms with van der Waals surface area (Å²) in [4.78, 5) is 29.8. The van der Waals surface area contributed by atoms with Crippen molar-refractivity contribution < 1.29 is 18.1 Å². The fraction of sp³-hybridized carbons (Fsp3) is 0.731. The lowest BCUT2D eigenvalue weighted by Crippen LogP contribution is -2.50. The second kappa shape index (κ2) is 9.81. The van der Waals surface area contributed by atoms with E-state index in [1.807, 2.05) is 35.9 Å². The van der Waals surface area contributed by atoms with Crippen LogP contribution < -0.4 is 0 Å². The number of sulfonamides is 1. The number of hydrogen-bond acceptors (Lipinski definition) is 4. The van der Waals surface area contributed by atoms with E-state index in [0.717, 1.165) is 62.0 Å². The molecule has 8 nitrogen and oxygen atoms in total. The molecular weight excluding hydrogens is 464 g/mol. The summed E-state index contributed by atoms with van der Waals surface area (Å²) in [6, 6.07) is 6.72. The van der Waals surface area contributed by atoms with Gasteiger partial charge in [0.1, 0.15) is 16.8 Å². The minimum Gasteiger partial charge on any atom is -0.342 e. The molecule has 0 N–H and O–H groups in total. The van der Waals surface area contributed by atoms with Gasteiger partial charge in [-0.1, -0.05) is 17.7 Å². The first kappa shape index (κ1) is 24.7. The monoisotopic (exact) mass is 503 g/mol. The van der Waals surface area contributed by atoms with E-state index in [9.17, 15) is 18.1 Å². The molecule has 5 rings (SSSR count). The van der Waals surface area contributed by atoms with Crippen LogP contribution in [0, 0.1) is 29.6 Å². The van der Waals surface area contributed by atoms with Gasteiger partial charge in [-0.15, -0.1) is 5.01 Å². The number of benzene rings is 1. The van der Waals surface area contributed by atoms with Crippen molar-refractivity contribution in [3.05, 3.63) is 34.7 Å². The van der Waals surface area contributed by atoms with Crippen molar-refractivity contribution in [2.45, 2.75) is 75.8 Å². The van der Waals surface area contributed by atoms with E-state index >= 15 is 0 Å². The van der Waals surface area contributed by atoms with Gasteiger partial charge in [-0.2, -0.15) is 4.31 Å². The Morgan fingerprint density at radius 2 is 1.54 bits per heavy atom. The molecule has 192 valence electrons. The van der Waals surface area contributed by atoms with Crippen LogP contribution in [0.4, 0.5) is 0 Å². The topological polar surface area (TPSA) is 81.0 Å². The van der Waals surface area contributed by atoms with Crippen LogP contribution in [0.2, 0.25) is 0 Å². The minimum atomic E-state index is -3.47. The zero-order valence-corrected chi connectivity index (χ0v) is 21.8. The van der Waals surface area contributed by atoms with Crippen LogP contribution in [0.15, 0.2) is 29.2 Å². The molecule has 4 fully saturated rings. The second-order valence-corrected chi connectivity index (χ2v) is 13.0. The maximum absolute atomic E-state index is 13.5. The quantitative estimate of drug-likeness (QED) is 0.590. The molecule has 4 heterocycles. The summed E-state index contributed by atoms with van der Waals surface area (Å²) in [5.41, 5.74) is 1.05. The first-order chi connectivity index (χ1) is 16.8. The van der Waals surface area contributed by atoms with Gasteiger partial charge in [-0.05, 0) is 75.8 Å². The van der Waals surface area contributed by atoms with Gasteiger partial charge in [0.15, 0.2) is 0 Å². The Kier molecular flexibility index (Phi) is 6.92. The van der Waals surface area contributed by atoms with E-state index in [1.165, 1.54) is 6.42 Å². The van der Waals surface area contributed by atoms with Gasteiger partial charge in [-0.3, -0.25) is 4.79 Å². The van der Waals surface area contributed by atoms with E-state index in [4.69, 9.17) is 0 Å². The number of carbonyl (C=O) groups is 1. The predicted octanol–water partition coefficient (Wildman–Crippen LogP) is 3.20. The number of nitroso groups, excluding NO2 is 1. The Morgan fingerprint density at radius 3 is 2.20 bits per heavy atom. The standard InChI is InChI=1S/C26H39N4O4S/c1-19-6-8-23(9-7-19)35(33,34)28-15-10-21(11-16-28)22-12-17-29-24(18-22)25(20(2)30(29)32)26(31)27-13-4-3-5-14-27/h6-9,20-22,24-25H,3-5,10-18H2,1-2H3/q+1. The van der Waals surface area contributed by atoms with E-state index in [0.29, 0.717) is 36.4 Å². The number of piperidine rings is 3. The molecule has 4 saturated heterocycles. The highest BCUT2D eigenvalue weighted by molar-refractivity contribution is 7.89. The molecule has 0 spiro atoms. The van der Waals surface area contributed by atoms with Gasteiger partial charge in [0.05, 0.1) is 16.3 Å². The molecule has 9 heteroatoms. The molecule has 1 aromatic rings. The zero-order valence-electron chi connectivity index (χ0n) is 21.0. The van der Waals surface area contributed by atoms with E-state index < -0.39 is 10.0 Å². The summed E-state index contributed by atoms with van der Waals surface area (Å²) in [5, 5.41) is 1.91. The van der Waals surface area contributed by atoms with Crippen molar-refractivity contribution in [3.63, 3.8) is 0 Å².